The van der Waals surface area contributed by atoms with Crippen LogP contribution in [0.2, 0.25) is 0 Å². The number of hydrogen-bond donors (Lipinski definition) is 2. The highest BCUT2D eigenvalue weighted by atomic mass is 16.5. The van der Waals surface area contributed by atoms with Crippen LogP contribution in [0.25, 0.3) is 0 Å². The van der Waals surface area contributed by atoms with Gasteiger partial charge in [-0.3, -0.25) is 9.59 Å². The molecule has 4 aliphatic rings. The number of carbonyl (C=O) groups is 3. The molecule has 0 saturated heterocycles. The molecule has 0 bridgehead atoms. The van der Waals surface area contributed by atoms with Gasteiger partial charge in [-0.2, -0.15) is 0 Å². The van der Waals surface area contributed by atoms with Crippen LogP contribution in [0.3, 0.4) is 0 Å². The Morgan fingerprint density at radius 2 is 1.75 bits per heavy atom. The standard InChI is InChI=1S/C37H62N2O5/c1-24(2)9-8-10-25(3)29-14-15-30-28-13-12-26-23-27(18-20-36(26,4)31(28)19-21-37(29,30)5)44-34(41)17-16-33(40)39-32(35(42)43)11-6-7-22-38/h12,24-25,27-32H,6-11,13-23,38H2,1-5H3,(H,39,40)(H,42,43)/t25?,27-,28?,29+,30-,31-,32?,36?,37?/m0/s1. The Balaban J connectivity index is 1.28. The van der Waals surface area contributed by atoms with Crippen molar-refractivity contribution in [2.75, 3.05) is 6.54 Å². The second-order valence-electron chi connectivity index (χ2n) is 15.9. The molecule has 4 N–H and O–H groups in total. The minimum Gasteiger partial charge on any atom is -0.548 e. The van der Waals surface area contributed by atoms with E-state index in [1.54, 1.807) is 0 Å². The second kappa shape index (κ2) is 15.1. The van der Waals surface area contributed by atoms with E-state index in [2.05, 4.69) is 51.7 Å². The topological polar surface area (TPSA) is 123 Å². The monoisotopic (exact) mass is 614 g/mol. The molecule has 1 amide bonds. The van der Waals surface area contributed by atoms with Gasteiger partial charge in [-0.25, -0.2) is 0 Å². The van der Waals surface area contributed by atoms with E-state index in [0.717, 1.165) is 67.7 Å². The van der Waals surface area contributed by atoms with Crippen LogP contribution >= 0.6 is 0 Å². The number of rotatable bonds is 15. The van der Waals surface area contributed by atoms with Gasteiger partial charge < -0.3 is 25.7 Å². The van der Waals surface area contributed by atoms with Crippen LogP contribution in [0.15, 0.2) is 11.6 Å². The number of esters is 1. The summed E-state index contributed by atoms with van der Waals surface area (Å²) in [6.07, 6.45) is 17.5. The second-order valence-corrected chi connectivity index (χ2v) is 15.9. The molecule has 0 aliphatic heterocycles. The predicted molar refractivity (Wildman–Crippen MR) is 171 cm³/mol. The van der Waals surface area contributed by atoms with Gasteiger partial charge in [0.25, 0.3) is 0 Å². The number of quaternary nitrogens is 1. The fourth-order valence-corrected chi connectivity index (χ4v) is 10.3. The molecule has 0 radical (unpaired) electrons. The zero-order chi connectivity index (χ0) is 32.1. The van der Waals surface area contributed by atoms with E-state index in [1.807, 2.05) is 0 Å². The molecule has 0 aromatic carbocycles. The van der Waals surface area contributed by atoms with E-state index in [-0.39, 0.29) is 30.3 Å². The largest absolute Gasteiger partial charge is 0.548 e. The molecule has 9 atom stereocenters. The van der Waals surface area contributed by atoms with Crippen LogP contribution in [0.1, 0.15) is 137 Å². The molecule has 0 aromatic rings. The van der Waals surface area contributed by atoms with Crippen molar-refractivity contribution in [1.82, 2.24) is 5.32 Å². The molecular formula is C37H62N2O5. The van der Waals surface area contributed by atoms with E-state index in [4.69, 9.17) is 4.74 Å². The number of carbonyl (C=O) groups excluding carboxylic acids is 3. The maximum absolute atomic E-state index is 12.7. The Morgan fingerprint density at radius 1 is 0.977 bits per heavy atom. The Hall–Kier alpha value is -1.89. The smallest absolute Gasteiger partial charge is 0.306 e. The summed E-state index contributed by atoms with van der Waals surface area (Å²) < 4.78 is 5.88. The van der Waals surface area contributed by atoms with Crippen molar-refractivity contribution in [1.29, 1.82) is 0 Å². The van der Waals surface area contributed by atoms with Gasteiger partial charge >= 0.3 is 5.97 Å². The lowest BCUT2D eigenvalue weighted by molar-refractivity contribution is -0.368. The number of fused-ring (bicyclic) bond motifs is 5. The molecule has 0 heterocycles. The Labute approximate surface area is 266 Å². The number of ether oxygens (including phenoxy) is 1. The quantitative estimate of drug-likeness (QED) is 0.146. The molecule has 5 unspecified atom stereocenters. The summed E-state index contributed by atoms with van der Waals surface area (Å²) in [4.78, 5) is 36.4. The van der Waals surface area contributed by atoms with Gasteiger partial charge in [0.2, 0.25) is 5.91 Å². The van der Waals surface area contributed by atoms with Crippen LogP contribution in [0.5, 0.6) is 0 Å². The average molecular weight is 615 g/mol. The first-order valence-electron chi connectivity index (χ1n) is 18.1. The van der Waals surface area contributed by atoms with Gasteiger partial charge in [0, 0.05) is 12.8 Å². The molecule has 0 spiro atoms. The molecule has 0 aromatic heterocycles. The first-order chi connectivity index (χ1) is 20.9. The molecule has 4 rings (SSSR count). The number of hydrogen-bond acceptors (Lipinski definition) is 5. The molecule has 3 fully saturated rings. The lowest BCUT2D eigenvalue weighted by Gasteiger charge is -2.58. The SMILES string of the molecule is CC(C)CCCC(C)[C@H]1CC[C@H]2C3CC=C4C[C@@H](OC(=O)CCC(=O)NC(CCCC[NH3+])C(=O)[O-])CCC4(C)[C@H]3CCC12C. The highest BCUT2D eigenvalue weighted by molar-refractivity contribution is 5.85. The Morgan fingerprint density at radius 3 is 2.45 bits per heavy atom. The van der Waals surface area contributed by atoms with Crippen LogP contribution in [0, 0.1) is 46.3 Å². The summed E-state index contributed by atoms with van der Waals surface area (Å²) in [6, 6.07) is -1.03. The normalized spacial score (nSPS) is 34.2. The first-order valence-corrected chi connectivity index (χ1v) is 18.1. The molecule has 7 heteroatoms. The Bertz CT molecular complexity index is 1040. The van der Waals surface area contributed by atoms with Crippen molar-refractivity contribution in [3.8, 4) is 0 Å². The minimum atomic E-state index is -1.29. The van der Waals surface area contributed by atoms with E-state index in [9.17, 15) is 19.5 Å². The summed E-state index contributed by atoms with van der Waals surface area (Å²) in [5, 5.41) is 13.9. The van der Waals surface area contributed by atoms with E-state index in [0.29, 0.717) is 18.3 Å². The maximum atomic E-state index is 12.7. The first kappa shape index (κ1) is 35.0. The summed E-state index contributed by atoms with van der Waals surface area (Å²) in [7, 11) is 0. The highest BCUT2D eigenvalue weighted by Crippen LogP contribution is 2.67. The number of unbranched alkanes of at least 4 members (excludes halogenated alkanes) is 1. The fraction of sp³-hybridized carbons (Fsp3) is 0.865. The minimum absolute atomic E-state index is 0.0423. The number of nitrogens with one attached hydrogen (secondary N) is 1. The summed E-state index contributed by atoms with van der Waals surface area (Å²) >= 11 is 0. The third kappa shape index (κ3) is 7.90. The summed E-state index contributed by atoms with van der Waals surface area (Å²) in [5.41, 5.74) is 5.92. The zero-order valence-corrected chi connectivity index (χ0v) is 28.5. The lowest BCUT2D eigenvalue weighted by atomic mass is 9.47. The number of carboxylic acid groups (broad SMARTS) is 1. The van der Waals surface area contributed by atoms with E-state index in [1.165, 1.54) is 56.9 Å². The number of carboxylic acids is 1. The van der Waals surface area contributed by atoms with Crippen molar-refractivity contribution >= 4 is 17.8 Å². The number of allylic oxidation sites excluding steroid dienone is 1. The fourth-order valence-electron chi connectivity index (χ4n) is 10.3. The van der Waals surface area contributed by atoms with Gasteiger partial charge in [-0.1, -0.05) is 65.5 Å². The van der Waals surface area contributed by atoms with Gasteiger partial charge in [-0.05, 0) is 111 Å². The van der Waals surface area contributed by atoms with Crippen molar-refractivity contribution in [3.63, 3.8) is 0 Å². The van der Waals surface area contributed by atoms with Gasteiger partial charge in [0.15, 0.2) is 0 Å². The molecule has 250 valence electrons. The van der Waals surface area contributed by atoms with Gasteiger partial charge in [0.1, 0.15) is 6.10 Å². The maximum Gasteiger partial charge on any atom is 0.306 e. The van der Waals surface area contributed by atoms with Crippen molar-refractivity contribution < 1.29 is 30.0 Å². The highest BCUT2D eigenvalue weighted by Gasteiger charge is 2.59. The summed E-state index contributed by atoms with van der Waals surface area (Å²) in [6.45, 7) is 13.1. The third-order valence-corrected chi connectivity index (χ3v) is 12.7. The van der Waals surface area contributed by atoms with E-state index >= 15 is 0 Å². The van der Waals surface area contributed by atoms with Crippen molar-refractivity contribution in [3.05, 3.63) is 11.6 Å². The average Bonchev–Trinajstić information content (AvgIpc) is 3.33. The molecule has 7 nitrogen and oxygen atoms in total. The zero-order valence-electron chi connectivity index (χ0n) is 28.5. The third-order valence-electron chi connectivity index (χ3n) is 12.7. The molecule has 3 saturated carbocycles. The Kier molecular flexibility index (Phi) is 12.0. The lowest BCUT2D eigenvalue weighted by Crippen LogP contribution is -2.51. The number of amides is 1. The van der Waals surface area contributed by atoms with Gasteiger partial charge in [0.05, 0.1) is 25.0 Å². The summed E-state index contributed by atoms with van der Waals surface area (Å²) in [5.74, 6) is 2.69. The molecular weight excluding hydrogens is 552 g/mol. The van der Waals surface area contributed by atoms with Gasteiger partial charge in [-0.15, -0.1) is 0 Å². The van der Waals surface area contributed by atoms with E-state index < -0.39 is 17.9 Å². The van der Waals surface area contributed by atoms with Crippen LogP contribution < -0.4 is 16.2 Å². The van der Waals surface area contributed by atoms with Crippen molar-refractivity contribution in [2.24, 2.45) is 46.3 Å². The number of aliphatic carboxylic acids is 1. The van der Waals surface area contributed by atoms with Crippen LogP contribution in [0.4, 0.5) is 0 Å². The van der Waals surface area contributed by atoms with Crippen molar-refractivity contribution in [2.45, 2.75) is 149 Å². The van der Waals surface area contributed by atoms with Crippen LogP contribution in [-0.2, 0) is 19.1 Å². The predicted octanol–water partition coefficient (Wildman–Crippen LogP) is 5.37. The molecule has 4 aliphatic carbocycles. The van der Waals surface area contributed by atoms with Crippen LogP contribution in [-0.4, -0.2) is 36.5 Å². The molecule has 44 heavy (non-hydrogen) atoms.